The van der Waals surface area contributed by atoms with Crippen molar-refractivity contribution in [1.82, 2.24) is 29.5 Å². The average Bonchev–Trinajstić information content (AvgIpc) is 3.08. The van der Waals surface area contributed by atoms with Gasteiger partial charge in [0, 0.05) is 57.2 Å². The van der Waals surface area contributed by atoms with Gasteiger partial charge in [0.05, 0.1) is 11.9 Å². The van der Waals surface area contributed by atoms with Gasteiger partial charge in [-0.1, -0.05) is 6.07 Å². The predicted molar refractivity (Wildman–Crippen MR) is 94.0 cm³/mol. The van der Waals surface area contributed by atoms with E-state index in [0.717, 1.165) is 63.6 Å². The van der Waals surface area contributed by atoms with Gasteiger partial charge in [0.1, 0.15) is 0 Å². The molecule has 0 bridgehead atoms. The summed E-state index contributed by atoms with van der Waals surface area (Å²) in [6, 6.07) is 5.96. The topological polar surface area (TPSA) is 57.5 Å². The largest absolute Gasteiger partial charge is 0.344 e. The van der Waals surface area contributed by atoms with E-state index in [2.05, 4.69) is 19.9 Å². The number of nitrogens with zero attached hydrogens (tertiary/aromatic N) is 6. The molecular formula is C18H24N6O. The first kappa shape index (κ1) is 16.2. The lowest BCUT2D eigenvalue weighted by molar-refractivity contribution is 0.133. The molecule has 0 aliphatic carbocycles. The second kappa shape index (κ2) is 7.33. The fraction of sp³-hybridized carbons (Fsp3) is 0.500. The summed E-state index contributed by atoms with van der Waals surface area (Å²) in [5, 5.41) is 4.26. The highest BCUT2D eigenvalue weighted by Crippen LogP contribution is 2.13. The Kier molecular flexibility index (Phi) is 4.76. The summed E-state index contributed by atoms with van der Waals surface area (Å²) < 4.78 is 1.49. The molecule has 2 saturated heterocycles. The molecule has 132 valence electrons. The maximum atomic E-state index is 12.6. The molecule has 2 aromatic rings. The summed E-state index contributed by atoms with van der Waals surface area (Å²) in [4.78, 5) is 23.6. The zero-order valence-electron chi connectivity index (χ0n) is 14.4. The Morgan fingerprint density at radius 3 is 2.48 bits per heavy atom. The van der Waals surface area contributed by atoms with E-state index in [9.17, 15) is 4.79 Å². The third-order valence-corrected chi connectivity index (χ3v) is 4.94. The first-order valence-electron chi connectivity index (χ1n) is 8.95. The molecule has 2 aromatic heterocycles. The van der Waals surface area contributed by atoms with Crippen LogP contribution in [0.2, 0.25) is 0 Å². The Labute approximate surface area is 147 Å². The maximum absolute atomic E-state index is 12.6. The van der Waals surface area contributed by atoms with Crippen molar-refractivity contribution >= 4 is 6.03 Å². The van der Waals surface area contributed by atoms with Gasteiger partial charge in [-0.25, -0.2) is 4.79 Å². The molecule has 0 atom stereocenters. The summed E-state index contributed by atoms with van der Waals surface area (Å²) in [6.07, 6.45) is 6.79. The molecule has 2 aliphatic heterocycles. The minimum atomic E-state index is -0.0210. The quantitative estimate of drug-likeness (QED) is 0.839. The molecule has 0 N–H and O–H groups in total. The van der Waals surface area contributed by atoms with E-state index >= 15 is 0 Å². The lowest BCUT2D eigenvalue weighted by atomic mass is 10.2. The lowest BCUT2D eigenvalue weighted by Crippen LogP contribution is -2.49. The number of piperazine rings is 1. The van der Waals surface area contributed by atoms with E-state index in [1.54, 1.807) is 0 Å². The van der Waals surface area contributed by atoms with E-state index in [-0.39, 0.29) is 6.03 Å². The molecule has 2 aliphatic rings. The van der Waals surface area contributed by atoms with E-state index < -0.39 is 0 Å². The van der Waals surface area contributed by atoms with Gasteiger partial charge in [-0.3, -0.25) is 14.8 Å². The van der Waals surface area contributed by atoms with E-state index in [0.29, 0.717) is 0 Å². The fourth-order valence-electron chi connectivity index (χ4n) is 3.31. The van der Waals surface area contributed by atoms with Crippen LogP contribution in [0.4, 0.5) is 4.79 Å². The second-order valence-electron chi connectivity index (χ2n) is 6.79. The van der Waals surface area contributed by atoms with Gasteiger partial charge in [0.2, 0.25) is 0 Å². The van der Waals surface area contributed by atoms with Crippen LogP contribution >= 0.6 is 0 Å². The summed E-state index contributed by atoms with van der Waals surface area (Å²) in [7, 11) is 0. The number of rotatable bonds is 4. The van der Waals surface area contributed by atoms with Crippen molar-refractivity contribution < 1.29 is 4.79 Å². The Bertz CT molecular complexity index is 703. The van der Waals surface area contributed by atoms with E-state index in [4.69, 9.17) is 0 Å². The third-order valence-electron chi connectivity index (χ3n) is 4.94. The highest BCUT2D eigenvalue weighted by Gasteiger charge is 2.23. The number of carbonyl (C=O) groups excluding carboxylic acids is 1. The second-order valence-corrected chi connectivity index (χ2v) is 6.79. The van der Waals surface area contributed by atoms with Crippen LogP contribution < -0.4 is 0 Å². The standard InChI is InChI=1S/C18H24N6O/c25-18(24-14-16(12-20-24)13-21-6-3-7-21)23-10-8-22(9-11-23)15-17-4-1-2-5-19-17/h1-2,4-5,12,14H,3,6-11,13,15H2. The zero-order valence-corrected chi connectivity index (χ0v) is 14.4. The summed E-state index contributed by atoms with van der Waals surface area (Å²) >= 11 is 0. The normalized spacial score (nSPS) is 19.0. The van der Waals surface area contributed by atoms with Gasteiger partial charge in [-0.15, -0.1) is 0 Å². The number of pyridine rings is 1. The predicted octanol–water partition coefficient (Wildman–Crippen LogP) is 1.27. The van der Waals surface area contributed by atoms with Crippen molar-refractivity contribution in [2.75, 3.05) is 39.3 Å². The average molecular weight is 340 g/mol. The zero-order chi connectivity index (χ0) is 17.1. The Hall–Kier alpha value is -2.25. The van der Waals surface area contributed by atoms with E-state index in [1.165, 1.54) is 11.1 Å². The number of carbonyl (C=O) groups is 1. The highest BCUT2D eigenvalue weighted by atomic mass is 16.2. The molecule has 4 rings (SSSR count). The maximum Gasteiger partial charge on any atom is 0.344 e. The van der Waals surface area contributed by atoms with Crippen LogP contribution in [-0.4, -0.2) is 74.8 Å². The molecule has 2 fully saturated rings. The fourth-order valence-corrected chi connectivity index (χ4v) is 3.31. The van der Waals surface area contributed by atoms with Gasteiger partial charge in [0.15, 0.2) is 0 Å². The van der Waals surface area contributed by atoms with Crippen LogP contribution in [0.5, 0.6) is 0 Å². The molecule has 0 radical (unpaired) electrons. The number of hydrogen-bond acceptors (Lipinski definition) is 5. The van der Waals surface area contributed by atoms with Gasteiger partial charge in [-0.2, -0.15) is 9.78 Å². The van der Waals surface area contributed by atoms with Crippen molar-refractivity contribution in [3.63, 3.8) is 0 Å². The Balaban J connectivity index is 1.29. The van der Waals surface area contributed by atoms with Gasteiger partial charge in [0.25, 0.3) is 0 Å². The van der Waals surface area contributed by atoms with Gasteiger partial charge >= 0.3 is 6.03 Å². The molecule has 0 saturated carbocycles. The first-order valence-corrected chi connectivity index (χ1v) is 8.95. The van der Waals surface area contributed by atoms with Crippen molar-refractivity contribution in [1.29, 1.82) is 0 Å². The molecule has 0 unspecified atom stereocenters. The Morgan fingerprint density at radius 2 is 1.80 bits per heavy atom. The SMILES string of the molecule is O=C(N1CCN(Cc2ccccn2)CC1)n1cc(CN2CCC2)cn1. The van der Waals surface area contributed by atoms with Crippen molar-refractivity contribution in [3.8, 4) is 0 Å². The summed E-state index contributed by atoms with van der Waals surface area (Å²) in [5.41, 5.74) is 2.19. The molecule has 4 heterocycles. The molecule has 7 heteroatoms. The van der Waals surface area contributed by atoms with Crippen LogP contribution in [0.15, 0.2) is 36.8 Å². The number of amides is 1. The van der Waals surface area contributed by atoms with Crippen molar-refractivity contribution in [2.24, 2.45) is 0 Å². The van der Waals surface area contributed by atoms with Gasteiger partial charge in [-0.05, 0) is 31.6 Å². The smallest absolute Gasteiger partial charge is 0.320 e. The highest BCUT2D eigenvalue weighted by molar-refractivity contribution is 5.76. The summed E-state index contributed by atoms with van der Waals surface area (Å²) in [5.74, 6) is 0. The first-order chi connectivity index (χ1) is 12.3. The molecule has 0 aromatic carbocycles. The van der Waals surface area contributed by atoms with Crippen LogP contribution in [0.25, 0.3) is 0 Å². The minimum Gasteiger partial charge on any atom is -0.320 e. The van der Waals surface area contributed by atoms with Crippen LogP contribution in [0, 0.1) is 0 Å². The van der Waals surface area contributed by atoms with Crippen LogP contribution in [0.1, 0.15) is 17.7 Å². The molecular weight excluding hydrogens is 316 g/mol. The molecule has 1 amide bonds. The number of likely N-dealkylation sites (tertiary alicyclic amines) is 1. The number of aromatic nitrogens is 3. The number of hydrogen-bond donors (Lipinski definition) is 0. The molecule has 7 nitrogen and oxygen atoms in total. The third kappa shape index (κ3) is 3.88. The molecule has 0 spiro atoms. The lowest BCUT2D eigenvalue weighted by Gasteiger charge is -2.34. The Morgan fingerprint density at radius 1 is 1.00 bits per heavy atom. The van der Waals surface area contributed by atoms with Crippen LogP contribution in [-0.2, 0) is 13.1 Å². The summed E-state index contributed by atoms with van der Waals surface area (Å²) in [6.45, 7) is 7.22. The van der Waals surface area contributed by atoms with Gasteiger partial charge < -0.3 is 4.90 Å². The van der Waals surface area contributed by atoms with Crippen molar-refractivity contribution in [2.45, 2.75) is 19.5 Å². The van der Waals surface area contributed by atoms with Crippen LogP contribution in [0.3, 0.4) is 0 Å². The minimum absolute atomic E-state index is 0.0210. The van der Waals surface area contributed by atoms with Crippen molar-refractivity contribution in [3.05, 3.63) is 48.0 Å². The monoisotopic (exact) mass is 340 g/mol. The molecule has 25 heavy (non-hydrogen) atoms. The van der Waals surface area contributed by atoms with E-state index in [1.807, 2.05) is 41.7 Å².